The fourth-order valence-electron chi connectivity index (χ4n) is 2.31. The smallest absolute Gasteiger partial charge is 0.234 e. The van der Waals surface area contributed by atoms with E-state index in [0.29, 0.717) is 12.5 Å². The second kappa shape index (κ2) is 5.83. The van der Waals surface area contributed by atoms with Crippen LogP contribution in [0.5, 0.6) is 0 Å². The van der Waals surface area contributed by atoms with Crippen LogP contribution in [-0.4, -0.2) is 26.2 Å². The Morgan fingerprint density at radius 1 is 1.36 bits per heavy atom. The van der Waals surface area contributed by atoms with Crippen molar-refractivity contribution in [3.05, 3.63) is 0 Å². The highest BCUT2D eigenvalue weighted by Gasteiger charge is 2.25. The van der Waals surface area contributed by atoms with Gasteiger partial charge in [-0.1, -0.05) is 26.7 Å². The van der Waals surface area contributed by atoms with Crippen LogP contribution >= 0.6 is 0 Å². The van der Waals surface area contributed by atoms with E-state index < -0.39 is 11.3 Å². The maximum absolute atomic E-state index is 10.9. The number of hydrogen-bond acceptors (Lipinski definition) is 1. The largest absolute Gasteiger partial charge is 0.294 e. The van der Waals surface area contributed by atoms with Crippen LogP contribution in [-0.2, 0) is 11.3 Å². The predicted molar refractivity (Wildman–Crippen MR) is 59.1 cm³/mol. The molecule has 1 rings (SSSR count). The summed E-state index contributed by atoms with van der Waals surface area (Å²) in [5, 5.41) is 0. The van der Waals surface area contributed by atoms with Gasteiger partial charge in [0.05, 0.1) is 0 Å². The molecule has 0 aromatic carbocycles. The number of rotatable bonds is 5. The maximum atomic E-state index is 10.9. The van der Waals surface area contributed by atoms with E-state index in [1.807, 2.05) is 6.92 Å². The predicted octanol–water partition coefficient (Wildman–Crippen LogP) is 2.27. The van der Waals surface area contributed by atoms with Crippen LogP contribution in [0.4, 0.5) is 0 Å². The lowest BCUT2D eigenvalue weighted by Crippen LogP contribution is -2.30. The molecular formula is C10H21NO2S. The highest BCUT2D eigenvalue weighted by atomic mass is 32.2. The van der Waals surface area contributed by atoms with Crippen LogP contribution in [0.3, 0.4) is 0 Å². The molecule has 4 heteroatoms. The molecule has 1 aliphatic carbocycles. The minimum Gasteiger partial charge on any atom is -0.294 e. The third kappa shape index (κ3) is 3.33. The van der Waals surface area contributed by atoms with Gasteiger partial charge in [-0.3, -0.25) is 4.55 Å². The molecule has 1 N–H and O–H groups in total. The standard InChI is InChI=1S/C10H21NO2S/c1-3-9-5-6-10(7-9)8-11(4-2)14(12)13/h9-10H,3-8H2,1-2H3,(H,12,13). The van der Waals surface area contributed by atoms with Crippen LogP contribution in [0.2, 0.25) is 0 Å². The van der Waals surface area contributed by atoms with Gasteiger partial charge in [-0.2, -0.15) is 0 Å². The minimum absolute atomic E-state index is 0.635. The van der Waals surface area contributed by atoms with Crippen LogP contribution < -0.4 is 0 Å². The minimum atomic E-state index is -1.78. The molecule has 1 aliphatic rings. The van der Waals surface area contributed by atoms with E-state index in [4.69, 9.17) is 4.55 Å². The van der Waals surface area contributed by atoms with E-state index in [2.05, 4.69) is 6.92 Å². The molecular weight excluding hydrogens is 198 g/mol. The zero-order valence-electron chi connectivity index (χ0n) is 9.11. The second-order valence-corrected chi connectivity index (χ2v) is 5.14. The summed E-state index contributed by atoms with van der Waals surface area (Å²) in [6.07, 6.45) is 5.03. The average molecular weight is 219 g/mol. The van der Waals surface area contributed by atoms with E-state index in [9.17, 15) is 4.21 Å². The zero-order chi connectivity index (χ0) is 10.6. The van der Waals surface area contributed by atoms with Crippen molar-refractivity contribution in [2.45, 2.75) is 39.5 Å². The van der Waals surface area contributed by atoms with Crippen molar-refractivity contribution < 1.29 is 8.76 Å². The summed E-state index contributed by atoms with van der Waals surface area (Å²) in [6.45, 7) is 5.61. The van der Waals surface area contributed by atoms with Gasteiger partial charge in [-0.15, -0.1) is 0 Å². The molecule has 3 nitrogen and oxygen atoms in total. The Bertz CT molecular complexity index is 199. The molecule has 0 bridgehead atoms. The first kappa shape index (κ1) is 12.1. The van der Waals surface area contributed by atoms with E-state index in [1.54, 1.807) is 4.31 Å². The molecule has 0 aliphatic heterocycles. The summed E-state index contributed by atoms with van der Waals surface area (Å²) in [7, 11) is 0. The number of nitrogens with zero attached hydrogens (tertiary/aromatic N) is 1. The molecule has 14 heavy (non-hydrogen) atoms. The van der Waals surface area contributed by atoms with Crippen molar-refractivity contribution in [3.8, 4) is 0 Å². The maximum Gasteiger partial charge on any atom is 0.234 e. The molecule has 1 fully saturated rings. The molecule has 3 atom stereocenters. The molecule has 0 amide bonds. The second-order valence-electron chi connectivity index (χ2n) is 4.16. The third-order valence-corrected chi connectivity index (χ3v) is 4.11. The van der Waals surface area contributed by atoms with Crippen LogP contribution in [0.15, 0.2) is 0 Å². The molecule has 0 radical (unpaired) electrons. The lowest BCUT2D eigenvalue weighted by atomic mass is 10.0. The van der Waals surface area contributed by atoms with E-state index in [0.717, 1.165) is 12.5 Å². The first-order valence-corrected chi connectivity index (χ1v) is 6.59. The number of hydrogen-bond donors (Lipinski definition) is 1. The summed E-state index contributed by atoms with van der Waals surface area (Å²) in [4.78, 5) is 0. The van der Waals surface area contributed by atoms with Gasteiger partial charge in [0, 0.05) is 13.1 Å². The molecule has 0 aromatic rings. The summed E-state index contributed by atoms with van der Waals surface area (Å²) in [5.41, 5.74) is 0. The summed E-state index contributed by atoms with van der Waals surface area (Å²) >= 11 is -1.78. The average Bonchev–Trinajstić information content (AvgIpc) is 2.61. The Balaban J connectivity index is 2.33. The topological polar surface area (TPSA) is 40.5 Å². The van der Waals surface area contributed by atoms with E-state index in [-0.39, 0.29) is 0 Å². The van der Waals surface area contributed by atoms with Gasteiger partial charge in [0.15, 0.2) is 0 Å². The van der Waals surface area contributed by atoms with Gasteiger partial charge < -0.3 is 0 Å². The third-order valence-electron chi connectivity index (χ3n) is 3.26. The monoisotopic (exact) mass is 219 g/mol. The molecule has 0 heterocycles. The van der Waals surface area contributed by atoms with E-state index in [1.165, 1.54) is 25.7 Å². The molecule has 84 valence electrons. The van der Waals surface area contributed by atoms with Crippen LogP contribution in [0, 0.1) is 11.8 Å². The Hall–Kier alpha value is 0.0700. The first-order chi connectivity index (χ1) is 6.67. The summed E-state index contributed by atoms with van der Waals surface area (Å²) in [5.74, 6) is 1.49. The molecule has 0 saturated heterocycles. The Morgan fingerprint density at radius 3 is 2.43 bits per heavy atom. The van der Waals surface area contributed by atoms with Crippen molar-refractivity contribution >= 4 is 11.3 Å². The van der Waals surface area contributed by atoms with Crippen molar-refractivity contribution in [3.63, 3.8) is 0 Å². The van der Waals surface area contributed by atoms with Gasteiger partial charge in [-0.05, 0) is 24.7 Å². The lowest BCUT2D eigenvalue weighted by molar-refractivity contribution is 0.340. The highest BCUT2D eigenvalue weighted by molar-refractivity contribution is 7.76. The van der Waals surface area contributed by atoms with Crippen molar-refractivity contribution in [2.75, 3.05) is 13.1 Å². The fourth-order valence-corrected chi connectivity index (χ4v) is 2.87. The van der Waals surface area contributed by atoms with E-state index >= 15 is 0 Å². The molecule has 3 unspecified atom stereocenters. The normalized spacial score (nSPS) is 29.7. The molecule has 0 spiro atoms. The van der Waals surface area contributed by atoms with Crippen LogP contribution in [0.25, 0.3) is 0 Å². The van der Waals surface area contributed by atoms with Crippen molar-refractivity contribution in [1.82, 2.24) is 4.31 Å². The molecule has 0 aromatic heterocycles. The summed E-state index contributed by atoms with van der Waals surface area (Å²) < 4.78 is 21.5. The Labute approximate surface area is 89.3 Å². The van der Waals surface area contributed by atoms with Crippen molar-refractivity contribution in [2.24, 2.45) is 11.8 Å². The lowest BCUT2D eigenvalue weighted by Gasteiger charge is -2.19. The van der Waals surface area contributed by atoms with Gasteiger partial charge in [0.25, 0.3) is 0 Å². The molecule has 1 saturated carbocycles. The fraction of sp³-hybridized carbons (Fsp3) is 1.00. The highest BCUT2D eigenvalue weighted by Crippen LogP contribution is 2.33. The van der Waals surface area contributed by atoms with Gasteiger partial charge in [0.1, 0.15) is 0 Å². The SMILES string of the molecule is CCC1CCC(CN(CC)S(=O)O)C1. The van der Waals surface area contributed by atoms with Crippen molar-refractivity contribution in [1.29, 1.82) is 0 Å². The Kier molecular flexibility index (Phi) is 5.06. The quantitative estimate of drug-likeness (QED) is 0.721. The van der Waals surface area contributed by atoms with Gasteiger partial charge >= 0.3 is 0 Å². The Morgan fingerprint density at radius 2 is 2.00 bits per heavy atom. The summed E-state index contributed by atoms with van der Waals surface area (Å²) in [6, 6.07) is 0. The first-order valence-electron chi connectivity index (χ1n) is 5.53. The van der Waals surface area contributed by atoms with Gasteiger partial charge in [-0.25, -0.2) is 8.51 Å². The zero-order valence-corrected chi connectivity index (χ0v) is 9.92. The van der Waals surface area contributed by atoms with Crippen LogP contribution in [0.1, 0.15) is 39.5 Å². The van der Waals surface area contributed by atoms with Gasteiger partial charge in [0.2, 0.25) is 11.3 Å².